The van der Waals surface area contributed by atoms with Crippen molar-refractivity contribution >= 4 is 22.9 Å². The lowest BCUT2D eigenvalue weighted by atomic mass is 10.2. The van der Waals surface area contributed by atoms with Gasteiger partial charge in [-0.2, -0.15) is 16.3 Å². The summed E-state index contributed by atoms with van der Waals surface area (Å²) in [6.07, 6.45) is 1.93. The minimum atomic E-state index is 0.672. The molecular formula is C13H14N4S. The van der Waals surface area contributed by atoms with Crippen molar-refractivity contribution in [2.24, 2.45) is 0 Å². The van der Waals surface area contributed by atoms with Gasteiger partial charge in [-0.1, -0.05) is 0 Å². The van der Waals surface area contributed by atoms with E-state index in [1.54, 1.807) is 15.9 Å². The maximum Gasteiger partial charge on any atom is 0.243 e. The van der Waals surface area contributed by atoms with Gasteiger partial charge in [0.05, 0.1) is 0 Å². The number of pyridine rings is 1. The quantitative estimate of drug-likeness (QED) is 0.785. The Bertz CT molecular complexity index is 683. The number of aromatic nitrogens is 3. The number of fused-ring (bicyclic) bond motifs is 1. The lowest BCUT2D eigenvalue weighted by Crippen LogP contribution is -2.01. The highest BCUT2D eigenvalue weighted by molar-refractivity contribution is 7.08. The molecule has 0 spiro atoms. The van der Waals surface area contributed by atoms with E-state index in [4.69, 9.17) is 0 Å². The third kappa shape index (κ3) is 2.09. The van der Waals surface area contributed by atoms with Crippen LogP contribution in [0.1, 0.15) is 16.7 Å². The van der Waals surface area contributed by atoms with E-state index in [0.29, 0.717) is 5.95 Å². The molecule has 0 aliphatic rings. The maximum absolute atomic E-state index is 4.45. The first-order valence-electron chi connectivity index (χ1n) is 5.81. The molecule has 92 valence electrons. The van der Waals surface area contributed by atoms with E-state index in [-0.39, 0.29) is 0 Å². The fourth-order valence-electron chi connectivity index (χ4n) is 1.80. The molecule has 5 heteroatoms. The van der Waals surface area contributed by atoms with E-state index in [0.717, 1.165) is 12.2 Å². The van der Waals surface area contributed by atoms with Crippen molar-refractivity contribution in [1.82, 2.24) is 14.6 Å². The molecule has 0 saturated heterocycles. The summed E-state index contributed by atoms with van der Waals surface area (Å²) in [4.78, 5) is 4.45. The second-order valence-electron chi connectivity index (χ2n) is 4.38. The first-order valence-corrected chi connectivity index (χ1v) is 6.75. The molecule has 0 aliphatic carbocycles. The van der Waals surface area contributed by atoms with Crippen LogP contribution in [0.2, 0.25) is 0 Å². The molecule has 18 heavy (non-hydrogen) atoms. The highest BCUT2D eigenvalue weighted by Crippen LogP contribution is 2.15. The molecule has 1 N–H and O–H groups in total. The number of nitrogens with one attached hydrogen (secondary N) is 1. The summed E-state index contributed by atoms with van der Waals surface area (Å²) in [5.41, 5.74) is 4.68. The van der Waals surface area contributed by atoms with Gasteiger partial charge in [0.15, 0.2) is 5.65 Å². The van der Waals surface area contributed by atoms with Crippen molar-refractivity contribution in [3.8, 4) is 0 Å². The van der Waals surface area contributed by atoms with Crippen LogP contribution in [0, 0.1) is 13.8 Å². The molecular weight excluding hydrogens is 244 g/mol. The Morgan fingerprint density at radius 2 is 2.22 bits per heavy atom. The molecule has 3 rings (SSSR count). The lowest BCUT2D eigenvalue weighted by molar-refractivity contribution is 0.947. The fourth-order valence-corrected chi connectivity index (χ4v) is 2.66. The smallest absolute Gasteiger partial charge is 0.243 e. The Balaban J connectivity index is 1.81. The lowest BCUT2D eigenvalue weighted by Gasteiger charge is -2.00. The number of nitrogens with zero attached hydrogens (tertiary/aromatic N) is 3. The van der Waals surface area contributed by atoms with Crippen molar-refractivity contribution in [3.63, 3.8) is 0 Å². The minimum Gasteiger partial charge on any atom is -0.349 e. The number of hydrogen-bond acceptors (Lipinski definition) is 4. The van der Waals surface area contributed by atoms with Gasteiger partial charge in [-0.25, -0.2) is 4.52 Å². The van der Waals surface area contributed by atoms with Crippen molar-refractivity contribution in [2.45, 2.75) is 20.4 Å². The van der Waals surface area contributed by atoms with Crippen LogP contribution in [0.25, 0.3) is 5.65 Å². The van der Waals surface area contributed by atoms with Gasteiger partial charge in [0.25, 0.3) is 0 Å². The third-order valence-corrected chi connectivity index (χ3v) is 3.80. The Morgan fingerprint density at radius 1 is 1.33 bits per heavy atom. The van der Waals surface area contributed by atoms with Gasteiger partial charge in [0, 0.05) is 12.7 Å². The second-order valence-corrected chi connectivity index (χ2v) is 5.12. The Kier molecular flexibility index (Phi) is 2.76. The van der Waals surface area contributed by atoms with Crippen LogP contribution in [0.5, 0.6) is 0 Å². The fraction of sp³-hybridized carbons (Fsp3) is 0.231. The molecule has 0 fully saturated rings. The van der Waals surface area contributed by atoms with Crippen molar-refractivity contribution in [1.29, 1.82) is 0 Å². The molecule has 0 bridgehead atoms. The van der Waals surface area contributed by atoms with E-state index in [9.17, 15) is 0 Å². The van der Waals surface area contributed by atoms with Crippen molar-refractivity contribution in [3.05, 3.63) is 45.8 Å². The van der Waals surface area contributed by atoms with Crippen LogP contribution in [-0.4, -0.2) is 14.6 Å². The molecule has 0 unspecified atom stereocenters. The molecule has 3 aromatic rings. The average Bonchev–Trinajstić information content (AvgIpc) is 2.92. The summed E-state index contributed by atoms with van der Waals surface area (Å²) < 4.78 is 1.79. The molecule has 3 aromatic heterocycles. The molecule has 0 amide bonds. The first kappa shape index (κ1) is 11.2. The topological polar surface area (TPSA) is 42.2 Å². The highest BCUT2D eigenvalue weighted by Gasteiger charge is 2.04. The largest absolute Gasteiger partial charge is 0.349 e. The highest BCUT2D eigenvalue weighted by atomic mass is 32.1. The van der Waals surface area contributed by atoms with E-state index >= 15 is 0 Å². The van der Waals surface area contributed by atoms with Gasteiger partial charge < -0.3 is 5.32 Å². The number of thiophene rings is 1. The zero-order chi connectivity index (χ0) is 12.5. The summed E-state index contributed by atoms with van der Waals surface area (Å²) in [6.45, 7) is 4.94. The van der Waals surface area contributed by atoms with E-state index in [2.05, 4.69) is 40.0 Å². The first-order chi connectivity index (χ1) is 8.72. The molecule has 4 nitrogen and oxygen atoms in total. The molecule has 0 aromatic carbocycles. The van der Waals surface area contributed by atoms with E-state index in [1.807, 2.05) is 18.3 Å². The molecule has 0 aliphatic heterocycles. The minimum absolute atomic E-state index is 0.672. The zero-order valence-electron chi connectivity index (χ0n) is 10.3. The molecule has 3 heterocycles. The standard InChI is InChI=1S/C13H14N4S/c1-9-3-4-17-12(5-9)15-13(16-17)14-6-11-8-18-7-10(11)2/h3-5,7-8H,6H2,1-2H3,(H,14,16). The Labute approximate surface area is 109 Å². The van der Waals surface area contributed by atoms with Gasteiger partial charge in [0.2, 0.25) is 5.95 Å². The number of aryl methyl sites for hydroxylation is 2. The summed E-state index contributed by atoms with van der Waals surface area (Å²) in [7, 11) is 0. The normalized spacial score (nSPS) is 11.0. The second kappa shape index (κ2) is 4.42. The van der Waals surface area contributed by atoms with Crippen LogP contribution in [0.15, 0.2) is 29.1 Å². The van der Waals surface area contributed by atoms with Gasteiger partial charge in [-0.15, -0.1) is 5.10 Å². The third-order valence-electron chi connectivity index (χ3n) is 2.89. The van der Waals surface area contributed by atoms with E-state index in [1.165, 1.54) is 16.7 Å². The average molecular weight is 258 g/mol. The molecule has 0 saturated carbocycles. The van der Waals surface area contributed by atoms with Gasteiger partial charge >= 0.3 is 0 Å². The SMILES string of the molecule is Cc1ccn2nc(NCc3cscc3C)nc2c1. The Morgan fingerprint density at radius 3 is 3.00 bits per heavy atom. The van der Waals surface area contributed by atoms with E-state index < -0.39 is 0 Å². The number of anilines is 1. The van der Waals surface area contributed by atoms with Crippen LogP contribution in [0.3, 0.4) is 0 Å². The van der Waals surface area contributed by atoms with Crippen molar-refractivity contribution in [2.75, 3.05) is 5.32 Å². The predicted molar refractivity (Wildman–Crippen MR) is 74.1 cm³/mol. The summed E-state index contributed by atoms with van der Waals surface area (Å²) in [6, 6.07) is 4.04. The number of rotatable bonds is 3. The maximum atomic E-state index is 4.45. The molecule has 0 radical (unpaired) electrons. The van der Waals surface area contributed by atoms with Crippen LogP contribution >= 0.6 is 11.3 Å². The summed E-state index contributed by atoms with van der Waals surface area (Å²) in [5.74, 6) is 0.672. The monoisotopic (exact) mass is 258 g/mol. The van der Waals surface area contributed by atoms with Crippen LogP contribution < -0.4 is 5.32 Å². The summed E-state index contributed by atoms with van der Waals surface area (Å²) in [5, 5.41) is 11.9. The summed E-state index contributed by atoms with van der Waals surface area (Å²) >= 11 is 1.72. The number of hydrogen-bond donors (Lipinski definition) is 1. The van der Waals surface area contributed by atoms with Gasteiger partial charge in [-0.3, -0.25) is 0 Å². The van der Waals surface area contributed by atoms with Gasteiger partial charge in [0.1, 0.15) is 0 Å². The zero-order valence-corrected chi connectivity index (χ0v) is 11.2. The Hall–Kier alpha value is -1.88. The van der Waals surface area contributed by atoms with Crippen LogP contribution in [-0.2, 0) is 6.54 Å². The molecule has 0 atom stereocenters. The predicted octanol–water partition coefficient (Wildman–Crippen LogP) is 3.02. The van der Waals surface area contributed by atoms with Crippen LogP contribution in [0.4, 0.5) is 5.95 Å². The van der Waals surface area contributed by atoms with Gasteiger partial charge in [-0.05, 0) is 53.4 Å². The van der Waals surface area contributed by atoms with Crippen molar-refractivity contribution < 1.29 is 0 Å².